The topological polar surface area (TPSA) is 127 Å². The van der Waals surface area contributed by atoms with Crippen LogP contribution in [-0.4, -0.2) is 56.5 Å². The number of aromatic nitrogens is 5. The van der Waals surface area contributed by atoms with E-state index in [4.69, 9.17) is 4.74 Å². The summed E-state index contributed by atoms with van der Waals surface area (Å²) < 4.78 is 21.8. The van der Waals surface area contributed by atoms with Gasteiger partial charge in [0.25, 0.3) is 5.91 Å². The zero-order chi connectivity index (χ0) is 27.2. The van der Waals surface area contributed by atoms with Crippen LogP contribution >= 0.6 is 0 Å². The van der Waals surface area contributed by atoms with Crippen LogP contribution in [0.15, 0.2) is 24.4 Å². The lowest BCUT2D eigenvalue weighted by atomic mass is 9.79. The summed E-state index contributed by atoms with van der Waals surface area (Å²) in [6, 6.07) is 3.98. The molecule has 3 aromatic heterocycles. The molecule has 1 aliphatic carbocycles. The highest BCUT2D eigenvalue weighted by molar-refractivity contribution is 6.00. The number of hydrogen-bond donors (Lipinski definition) is 3. The van der Waals surface area contributed by atoms with Gasteiger partial charge in [0, 0.05) is 30.1 Å². The molecule has 11 heteroatoms. The van der Waals surface area contributed by atoms with Gasteiger partial charge < -0.3 is 15.4 Å². The normalized spacial score (nSPS) is 18.2. The predicted molar refractivity (Wildman–Crippen MR) is 141 cm³/mol. The molecule has 0 spiro atoms. The standard InChI is InChI=1S/C27H36FN7O3/c1-5-20-23(17(3)33-34-20)19-10-11-22(30-25(19)28)31-27(37)24(18-8-6-16(2)7-9-18)32-26(36)21-12-13-29-35(21)14-15-38-4/h10-13,16,18,24H,5-9,14-15H2,1-4H3,(H,32,36)(H,33,34)(H,30,31,37)/t16?,18?,24-/m0/s1. The van der Waals surface area contributed by atoms with Crippen LogP contribution in [0.2, 0.25) is 0 Å². The van der Waals surface area contributed by atoms with Crippen LogP contribution in [0.3, 0.4) is 0 Å². The van der Waals surface area contributed by atoms with E-state index in [-0.39, 0.29) is 11.7 Å². The Kier molecular flexibility index (Phi) is 8.88. The van der Waals surface area contributed by atoms with Crippen LogP contribution in [0.5, 0.6) is 0 Å². The molecule has 0 aliphatic heterocycles. The number of aromatic amines is 1. The first kappa shape index (κ1) is 27.4. The number of carbonyl (C=O) groups excluding carboxylic acids is 2. The monoisotopic (exact) mass is 525 g/mol. The van der Waals surface area contributed by atoms with Crippen molar-refractivity contribution < 1.29 is 18.7 Å². The van der Waals surface area contributed by atoms with Crippen molar-refractivity contribution in [2.24, 2.45) is 11.8 Å². The minimum Gasteiger partial charge on any atom is -0.383 e. The number of ether oxygens (including phenoxy) is 1. The smallest absolute Gasteiger partial charge is 0.270 e. The molecule has 2 amide bonds. The molecule has 10 nitrogen and oxygen atoms in total. The van der Waals surface area contributed by atoms with Crippen molar-refractivity contribution in [2.75, 3.05) is 19.0 Å². The lowest BCUT2D eigenvalue weighted by Crippen LogP contribution is -2.49. The third-order valence-electron chi connectivity index (χ3n) is 7.30. The van der Waals surface area contributed by atoms with Crippen LogP contribution < -0.4 is 10.6 Å². The average Bonchev–Trinajstić information content (AvgIpc) is 3.53. The van der Waals surface area contributed by atoms with E-state index < -0.39 is 23.8 Å². The third-order valence-corrected chi connectivity index (χ3v) is 7.30. The first-order chi connectivity index (χ1) is 18.3. The molecule has 0 radical (unpaired) electrons. The van der Waals surface area contributed by atoms with E-state index in [0.29, 0.717) is 48.0 Å². The van der Waals surface area contributed by atoms with Gasteiger partial charge in [0.1, 0.15) is 17.6 Å². The maximum absolute atomic E-state index is 15.1. The second-order valence-corrected chi connectivity index (χ2v) is 9.94. The zero-order valence-corrected chi connectivity index (χ0v) is 22.4. The third kappa shape index (κ3) is 6.09. The Morgan fingerprint density at radius 1 is 1.24 bits per heavy atom. The van der Waals surface area contributed by atoms with Gasteiger partial charge >= 0.3 is 0 Å². The largest absolute Gasteiger partial charge is 0.383 e. The molecule has 0 saturated heterocycles. The number of halogens is 1. The Balaban J connectivity index is 1.54. The Morgan fingerprint density at radius 3 is 2.68 bits per heavy atom. The maximum Gasteiger partial charge on any atom is 0.270 e. The van der Waals surface area contributed by atoms with Crippen LogP contribution in [0.25, 0.3) is 11.1 Å². The van der Waals surface area contributed by atoms with E-state index in [1.54, 1.807) is 43.1 Å². The van der Waals surface area contributed by atoms with Crippen LogP contribution in [0, 0.1) is 24.7 Å². The first-order valence-corrected chi connectivity index (χ1v) is 13.2. The molecular weight excluding hydrogens is 489 g/mol. The number of anilines is 1. The van der Waals surface area contributed by atoms with E-state index in [1.165, 1.54) is 0 Å². The summed E-state index contributed by atoms with van der Waals surface area (Å²) in [5, 5.41) is 17.0. The number of rotatable bonds is 10. The van der Waals surface area contributed by atoms with Crippen molar-refractivity contribution >= 4 is 17.6 Å². The number of nitrogens with one attached hydrogen (secondary N) is 3. The average molecular weight is 526 g/mol. The number of amides is 2. The molecule has 1 fully saturated rings. The highest BCUT2D eigenvalue weighted by atomic mass is 19.1. The van der Waals surface area contributed by atoms with Crippen molar-refractivity contribution in [3.8, 4) is 11.1 Å². The van der Waals surface area contributed by atoms with Crippen LogP contribution in [0.1, 0.15) is 61.4 Å². The van der Waals surface area contributed by atoms with Gasteiger partial charge in [-0.05, 0) is 56.2 Å². The lowest BCUT2D eigenvalue weighted by Gasteiger charge is -2.32. The van der Waals surface area contributed by atoms with Gasteiger partial charge in [0.05, 0.1) is 18.8 Å². The van der Waals surface area contributed by atoms with E-state index >= 15 is 4.39 Å². The molecule has 4 rings (SSSR count). The van der Waals surface area contributed by atoms with Crippen molar-refractivity contribution in [1.82, 2.24) is 30.3 Å². The Labute approximate surface area is 221 Å². The van der Waals surface area contributed by atoms with Gasteiger partial charge in [-0.25, -0.2) is 4.98 Å². The number of hydrogen-bond acceptors (Lipinski definition) is 6. The molecule has 1 atom stereocenters. The van der Waals surface area contributed by atoms with Crippen molar-refractivity contribution in [1.29, 1.82) is 0 Å². The number of H-pyrrole nitrogens is 1. The van der Waals surface area contributed by atoms with Gasteiger partial charge in [0.2, 0.25) is 11.9 Å². The molecule has 3 N–H and O–H groups in total. The minimum absolute atomic E-state index is 0.0460. The fourth-order valence-electron chi connectivity index (χ4n) is 5.10. The lowest BCUT2D eigenvalue weighted by molar-refractivity contribution is -0.119. The zero-order valence-electron chi connectivity index (χ0n) is 22.4. The fourth-order valence-corrected chi connectivity index (χ4v) is 5.10. The molecule has 3 aromatic rings. The molecule has 38 heavy (non-hydrogen) atoms. The molecule has 3 heterocycles. The Morgan fingerprint density at radius 2 is 2.00 bits per heavy atom. The molecule has 0 unspecified atom stereocenters. The molecule has 0 bridgehead atoms. The SMILES string of the molecule is CCc1[nH]nc(C)c1-c1ccc(NC(=O)[C@@H](NC(=O)c2ccnn2CCOC)C2CCC(C)CC2)nc1F. The molecule has 1 saturated carbocycles. The summed E-state index contributed by atoms with van der Waals surface area (Å²) >= 11 is 0. The number of methoxy groups -OCH3 is 1. The summed E-state index contributed by atoms with van der Waals surface area (Å²) in [6.07, 6.45) is 5.77. The second-order valence-electron chi connectivity index (χ2n) is 9.94. The fraction of sp³-hybridized carbons (Fsp3) is 0.519. The van der Waals surface area contributed by atoms with Crippen LogP contribution in [-0.2, 0) is 22.5 Å². The van der Waals surface area contributed by atoms with Gasteiger partial charge in [-0.1, -0.05) is 26.7 Å². The Bertz CT molecular complexity index is 1260. The molecular formula is C27H36FN7O3. The molecule has 0 aromatic carbocycles. The summed E-state index contributed by atoms with van der Waals surface area (Å²) in [5.41, 5.74) is 2.85. The van der Waals surface area contributed by atoms with Crippen molar-refractivity contribution in [3.05, 3.63) is 47.4 Å². The van der Waals surface area contributed by atoms with Gasteiger partial charge in [-0.15, -0.1) is 0 Å². The number of aryl methyl sites for hydroxylation is 2. The number of carbonyl (C=O) groups is 2. The van der Waals surface area contributed by atoms with Gasteiger partial charge in [-0.2, -0.15) is 14.6 Å². The van der Waals surface area contributed by atoms with Crippen molar-refractivity contribution in [3.63, 3.8) is 0 Å². The number of nitrogens with zero attached hydrogens (tertiary/aromatic N) is 4. The van der Waals surface area contributed by atoms with Crippen molar-refractivity contribution in [2.45, 2.75) is 65.5 Å². The highest BCUT2D eigenvalue weighted by Gasteiger charge is 2.33. The van der Waals surface area contributed by atoms with Gasteiger partial charge in [0.15, 0.2) is 0 Å². The highest BCUT2D eigenvalue weighted by Crippen LogP contribution is 2.32. The first-order valence-electron chi connectivity index (χ1n) is 13.2. The van der Waals surface area contributed by atoms with E-state index in [1.807, 2.05) is 6.92 Å². The maximum atomic E-state index is 15.1. The quantitative estimate of drug-likeness (QED) is 0.345. The Hall–Kier alpha value is -3.60. The van der Waals surface area contributed by atoms with E-state index in [2.05, 4.69) is 37.8 Å². The predicted octanol–water partition coefficient (Wildman–Crippen LogP) is 3.89. The molecule has 1 aliphatic rings. The summed E-state index contributed by atoms with van der Waals surface area (Å²) in [6.45, 7) is 6.77. The van der Waals surface area contributed by atoms with Gasteiger partial charge in [-0.3, -0.25) is 19.4 Å². The second kappa shape index (κ2) is 12.3. The summed E-state index contributed by atoms with van der Waals surface area (Å²) in [5.74, 6) is -0.900. The van der Waals surface area contributed by atoms with E-state index in [9.17, 15) is 9.59 Å². The summed E-state index contributed by atoms with van der Waals surface area (Å²) in [7, 11) is 1.58. The minimum atomic E-state index is -0.798. The number of pyridine rings is 1. The van der Waals surface area contributed by atoms with Crippen LogP contribution in [0.4, 0.5) is 10.2 Å². The summed E-state index contributed by atoms with van der Waals surface area (Å²) in [4.78, 5) is 30.7. The van der Waals surface area contributed by atoms with E-state index in [0.717, 1.165) is 31.4 Å². The molecule has 204 valence electrons.